The van der Waals surface area contributed by atoms with Gasteiger partial charge in [0, 0.05) is 18.5 Å². The molecule has 1 amide bonds. The van der Waals surface area contributed by atoms with Gasteiger partial charge in [0.1, 0.15) is 10.0 Å². The van der Waals surface area contributed by atoms with Gasteiger partial charge >= 0.3 is 0 Å². The molecule has 120 valence electrons. The summed E-state index contributed by atoms with van der Waals surface area (Å²) in [6, 6.07) is 2.05. The number of amides is 1. The summed E-state index contributed by atoms with van der Waals surface area (Å²) in [7, 11) is 0. The Labute approximate surface area is 143 Å². The second kappa shape index (κ2) is 7.96. The van der Waals surface area contributed by atoms with Gasteiger partial charge in [-0.3, -0.25) is 9.48 Å². The molecule has 0 aromatic carbocycles. The molecule has 3 rings (SSSR count). The number of carbonyl (C=O) groups excluding carboxylic acids is 1. The fourth-order valence-electron chi connectivity index (χ4n) is 2.22. The number of halogens is 1. The van der Waals surface area contributed by atoms with E-state index in [9.17, 15) is 4.79 Å². The average Bonchev–Trinajstić information content (AvgIpc) is 3.07. The number of aryl methyl sites for hydroxylation is 1. The maximum absolute atomic E-state index is 12.0. The smallest absolute Gasteiger partial charge is 0.271 e. The van der Waals surface area contributed by atoms with Crippen molar-refractivity contribution in [3.63, 3.8) is 0 Å². The van der Waals surface area contributed by atoms with Crippen molar-refractivity contribution >= 4 is 41.4 Å². The predicted octanol–water partition coefficient (Wildman–Crippen LogP) is 1.91. The number of thiazole rings is 1. The Balaban J connectivity index is 0.00000176. The first-order chi connectivity index (χ1) is 10.3. The number of fused-ring (bicyclic) bond motifs is 1. The third-order valence-corrected chi connectivity index (χ3v) is 5.13. The van der Waals surface area contributed by atoms with Crippen LogP contribution in [0.4, 0.5) is 0 Å². The molecule has 1 aliphatic rings. The number of hydrogen-bond acceptors (Lipinski definition) is 6. The molecule has 0 radical (unpaired) electrons. The maximum atomic E-state index is 12.0. The van der Waals surface area contributed by atoms with E-state index < -0.39 is 0 Å². The van der Waals surface area contributed by atoms with E-state index in [0.29, 0.717) is 12.2 Å². The number of carbonyl (C=O) groups is 1. The molecule has 0 fully saturated rings. The van der Waals surface area contributed by atoms with Crippen molar-refractivity contribution < 1.29 is 4.79 Å². The summed E-state index contributed by atoms with van der Waals surface area (Å²) < 4.78 is 2.93. The van der Waals surface area contributed by atoms with Gasteiger partial charge in [-0.25, -0.2) is 4.98 Å². The minimum atomic E-state index is -0.145. The fourth-order valence-corrected chi connectivity index (χ4v) is 3.47. The fraction of sp³-hybridized carbons (Fsp3) is 0.462. The molecule has 2 aromatic heterocycles. The molecule has 0 bridgehead atoms. The quantitative estimate of drug-likeness (QED) is 0.816. The summed E-state index contributed by atoms with van der Waals surface area (Å²) in [6.07, 6.45) is 3.03. The maximum Gasteiger partial charge on any atom is 0.271 e. The van der Waals surface area contributed by atoms with E-state index in [2.05, 4.69) is 20.7 Å². The van der Waals surface area contributed by atoms with Crippen LogP contribution in [0.3, 0.4) is 0 Å². The van der Waals surface area contributed by atoms with Gasteiger partial charge in [-0.05, 0) is 25.3 Å². The van der Waals surface area contributed by atoms with Crippen LogP contribution in [0.1, 0.15) is 28.3 Å². The Morgan fingerprint density at radius 3 is 3.23 bits per heavy atom. The molecule has 0 aliphatic carbocycles. The lowest BCUT2D eigenvalue weighted by atomic mass is 10.3. The van der Waals surface area contributed by atoms with Gasteiger partial charge in [0.2, 0.25) is 0 Å². The summed E-state index contributed by atoms with van der Waals surface area (Å²) in [5.74, 6) is -0.145. The van der Waals surface area contributed by atoms with Crippen molar-refractivity contribution in [1.29, 1.82) is 0 Å². The number of nitrogens with one attached hydrogen (secondary N) is 2. The molecule has 0 unspecified atom stereocenters. The van der Waals surface area contributed by atoms with E-state index >= 15 is 0 Å². The molecule has 1 aliphatic heterocycles. The van der Waals surface area contributed by atoms with E-state index in [1.807, 2.05) is 17.0 Å². The van der Waals surface area contributed by atoms with Crippen molar-refractivity contribution in [2.24, 2.45) is 0 Å². The first-order valence-corrected chi connectivity index (χ1v) is 8.91. The minimum absolute atomic E-state index is 0. The van der Waals surface area contributed by atoms with E-state index in [4.69, 9.17) is 0 Å². The third-order valence-electron chi connectivity index (χ3n) is 3.26. The van der Waals surface area contributed by atoms with Gasteiger partial charge in [0.05, 0.1) is 17.9 Å². The molecule has 0 atom stereocenters. The summed E-state index contributed by atoms with van der Waals surface area (Å²) in [6.45, 7) is 3.23. The highest BCUT2D eigenvalue weighted by Crippen LogP contribution is 2.19. The number of nitrogens with zero attached hydrogens (tertiary/aromatic N) is 3. The van der Waals surface area contributed by atoms with E-state index in [-0.39, 0.29) is 18.3 Å². The largest absolute Gasteiger partial charge is 0.345 e. The Bertz CT molecular complexity index is 619. The van der Waals surface area contributed by atoms with Crippen molar-refractivity contribution in [3.05, 3.63) is 28.5 Å². The third kappa shape index (κ3) is 4.01. The number of thioether (sulfide) groups is 1. The van der Waals surface area contributed by atoms with Crippen LogP contribution in [-0.4, -0.2) is 33.5 Å². The van der Waals surface area contributed by atoms with Gasteiger partial charge in [-0.15, -0.1) is 23.7 Å². The van der Waals surface area contributed by atoms with Crippen molar-refractivity contribution in [2.45, 2.75) is 30.4 Å². The van der Waals surface area contributed by atoms with Crippen molar-refractivity contribution in [2.75, 3.05) is 12.8 Å². The molecule has 2 aromatic rings. The van der Waals surface area contributed by atoms with Gasteiger partial charge in [0.25, 0.3) is 5.91 Å². The van der Waals surface area contributed by atoms with E-state index in [0.717, 1.165) is 36.1 Å². The molecule has 9 heteroatoms. The Morgan fingerprint density at radius 2 is 2.45 bits per heavy atom. The van der Waals surface area contributed by atoms with Crippen LogP contribution in [-0.2, 0) is 19.6 Å². The Kier molecular flexibility index (Phi) is 6.25. The highest BCUT2D eigenvalue weighted by Gasteiger charge is 2.13. The lowest BCUT2D eigenvalue weighted by Crippen LogP contribution is -2.23. The Hall–Kier alpha value is -1.09. The normalized spacial score (nSPS) is 13.9. The summed E-state index contributed by atoms with van der Waals surface area (Å²) >= 11 is 3.03. The number of hydrogen-bond donors (Lipinski definition) is 2. The molecule has 22 heavy (non-hydrogen) atoms. The number of aromatic nitrogens is 3. The first-order valence-electron chi connectivity index (χ1n) is 6.80. The van der Waals surface area contributed by atoms with Crippen LogP contribution in [0.2, 0.25) is 0 Å². The SMILES string of the molecule is CSc1nc(C(=O)NCc2cc3n(n2)CCCNC3)cs1.Cl. The molecule has 2 N–H and O–H groups in total. The lowest BCUT2D eigenvalue weighted by molar-refractivity contribution is 0.0945. The van der Waals surface area contributed by atoms with Crippen LogP contribution in [0.5, 0.6) is 0 Å². The molecule has 3 heterocycles. The highest BCUT2D eigenvalue weighted by molar-refractivity contribution is 8.00. The summed E-state index contributed by atoms with van der Waals surface area (Å²) in [5.41, 5.74) is 2.55. The molecular weight excluding hydrogens is 342 g/mol. The molecule has 0 saturated heterocycles. The standard InChI is InChI=1S/C13H17N5OS2.ClH/c1-20-13-16-11(8-21-13)12(19)15-6-9-5-10-7-14-3-2-4-18(10)17-9;/h5,8,14H,2-4,6-7H2,1H3,(H,15,19);1H. The summed E-state index contributed by atoms with van der Waals surface area (Å²) in [4.78, 5) is 16.3. The lowest BCUT2D eigenvalue weighted by Gasteiger charge is -2.01. The Morgan fingerprint density at radius 1 is 1.59 bits per heavy atom. The zero-order chi connectivity index (χ0) is 14.7. The van der Waals surface area contributed by atoms with Crippen LogP contribution in [0.25, 0.3) is 0 Å². The van der Waals surface area contributed by atoms with Crippen molar-refractivity contribution in [1.82, 2.24) is 25.4 Å². The van der Waals surface area contributed by atoms with Crippen LogP contribution in [0, 0.1) is 0 Å². The molecule has 6 nitrogen and oxygen atoms in total. The molecule has 0 saturated carbocycles. The summed E-state index contributed by atoms with van der Waals surface area (Å²) in [5, 5.41) is 12.6. The van der Waals surface area contributed by atoms with Gasteiger partial charge in [0.15, 0.2) is 0 Å². The topological polar surface area (TPSA) is 71.8 Å². The minimum Gasteiger partial charge on any atom is -0.345 e. The van der Waals surface area contributed by atoms with E-state index in [1.165, 1.54) is 17.0 Å². The average molecular weight is 360 g/mol. The van der Waals surface area contributed by atoms with Crippen LogP contribution < -0.4 is 10.6 Å². The zero-order valence-corrected chi connectivity index (χ0v) is 14.6. The van der Waals surface area contributed by atoms with Gasteiger partial charge in [-0.2, -0.15) is 5.10 Å². The second-order valence-corrected chi connectivity index (χ2v) is 6.68. The predicted molar refractivity (Wildman–Crippen MR) is 90.9 cm³/mol. The molecular formula is C13H18ClN5OS2. The molecule has 0 spiro atoms. The van der Waals surface area contributed by atoms with E-state index in [1.54, 1.807) is 17.1 Å². The van der Waals surface area contributed by atoms with Crippen LogP contribution >= 0.6 is 35.5 Å². The number of rotatable bonds is 4. The second-order valence-electron chi connectivity index (χ2n) is 4.77. The van der Waals surface area contributed by atoms with Gasteiger partial charge in [-0.1, -0.05) is 11.8 Å². The van der Waals surface area contributed by atoms with Gasteiger partial charge < -0.3 is 10.6 Å². The van der Waals surface area contributed by atoms with Crippen LogP contribution in [0.15, 0.2) is 15.8 Å². The zero-order valence-electron chi connectivity index (χ0n) is 12.2. The first kappa shape index (κ1) is 17.3. The highest BCUT2D eigenvalue weighted by atomic mass is 35.5. The monoisotopic (exact) mass is 359 g/mol. The van der Waals surface area contributed by atoms with Crippen molar-refractivity contribution in [3.8, 4) is 0 Å².